The van der Waals surface area contributed by atoms with Crippen molar-refractivity contribution in [1.82, 2.24) is 9.78 Å². The van der Waals surface area contributed by atoms with E-state index >= 15 is 0 Å². The summed E-state index contributed by atoms with van der Waals surface area (Å²) in [6.07, 6.45) is 2.42. The average molecular weight is 273 g/mol. The molecule has 1 heterocycles. The van der Waals surface area contributed by atoms with Crippen LogP contribution in [0, 0.1) is 0 Å². The molecular weight excluding hydrogens is 258 g/mol. The largest absolute Gasteiger partial charge is 0.478 e. The second kappa shape index (κ2) is 5.56. The van der Waals surface area contributed by atoms with Crippen LogP contribution >= 0.6 is 0 Å². The van der Waals surface area contributed by atoms with Crippen molar-refractivity contribution in [2.24, 2.45) is 7.05 Å². The van der Waals surface area contributed by atoms with Crippen molar-refractivity contribution in [3.63, 3.8) is 0 Å². The van der Waals surface area contributed by atoms with Gasteiger partial charge >= 0.3 is 5.97 Å². The third-order valence-electron chi connectivity index (χ3n) is 2.86. The van der Waals surface area contributed by atoms with Gasteiger partial charge in [0.05, 0.1) is 16.9 Å². The monoisotopic (exact) mass is 273 g/mol. The number of aromatic nitrogens is 2. The van der Waals surface area contributed by atoms with E-state index in [0.29, 0.717) is 17.7 Å². The Hall–Kier alpha value is -2.63. The van der Waals surface area contributed by atoms with Gasteiger partial charge in [-0.15, -0.1) is 0 Å². The number of carbonyl (C=O) groups excluding carboxylic acids is 1. The topological polar surface area (TPSA) is 84.2 Å². The third-order valence-corrected chi connectivity index (χ3v) is 2.86. The van der Waals surface area contributed by atoms with Gasteiger partial charge < -0.3 is 10.4 Å². The van der Waals surface area contributed by atoms with Crippen molar-refractivity contribution >= 4 is 17.6 Å². The van der Waals surface area contributed by atoms with Gasteiger partial charge in [0.2, 0.25) is 0 Å². The third kappa shape index (κ3) is 2.85. The molecule has 0 saturated heterocycles. The number of aromatic carboxylic acids is 1. The Labute approximate surface area is 116 Å². The molecule has 2 rings (SSSR count). The van der Waals surface area contributed by atoms with Crippen LogP contribution in [0.25, 0.3) is 0 Å². The number of carboxylic acid groups (broad SMARTS) is 1. The zero-order valence-electron chi connectivity index (χ0n) is 11.3. The SMILES string of the molecule is CCc1nn(C)cc1NC(=O)c1cccc(C(=O)O)c1. The molecule has 0 aliphatic rings. The maximum Gasteiger partial charge on any atom is 0.335 e. The molecule has 0 aliphatic heterocycles. The number of carboxylic acids is 1. The summed E-state index contributed by atoms with van der Waals surface area (Å²) in [4.78, 5) is 23.0. The van der Waals surface area contributed by atoms with Gasteiger partial charge in [0.1, 0.15) is 0 Å². The number of anilines is 1. The fourth-order valence-electron chi connectivity index (χ4n) is 1.89. The summed E-state index contributed by atoms with van der Waals surface area (Å²) in [6, 6.07) is 5.91. The van der Waals surface area contributed by atoms with Gasteiger partial charge in [-0.3, -0.25) is 9.48 Å². The van der Waals surface area contributed by atoms with Crippen LogP contribution in [0.3, 0.4) is 0 Å². The Morgan fingerprint density at radius 2 is 2.05 bits per heavy atom. The van der Waals surface area contributed by atoms with Gasteiger partial charge in [0.25, 0.3) is 5.91 Å². The number of amides is 1. The molecule has 6 heteroatoms. The summed E-state index contributed by atoms with van der Waals surface area (Å²) >= 11 is 0. The molecule has 1 aromatic heterocycles. The van der Waals surface area contributed by atoms with E-state index < -0.39 is 5.97 Å². The molecule has 0 radical (unpaired) electrons. The Morgan fingerprint density at radius 3 is 2.70 bits per heavy atom. The summed E-state index contributed by atoms with van der Waals surface area (Å²) in [5.74, 6) is -1.41. The molecule has 2 aromatic rings. The number of aryl methyl sites for hydroxylation is 2. The number of hydrogen-bond acceptors (Lipinski definition) is 3. The lowest BCUT2D eigenvalue weighted by molar-refractivity contribution is 0.0697. The van der Waals surface area contributed by atoms with E-state index in [0.717, 1.165) is 5.69 Å². The maximum atomic E-state index is 12.1. The summed E-state index contributed by atoms with van der Waals surface area (Å²) in [7, 11) is 1.78. The summed E-state index contributed by atoms with van der Waals surface area (Å²) < 4.78 is 1.63. The average Bonchev–Trinajstić information content (AvgIpc) is 2.78. The molecule has 0 saturated carbocycles. The van der Waals surface area contributed by atoms with Crippen molar-refractivity contribution in [3.8, 4) is 0 Å². The van der Waals surface area contributed by atoms with E-state index in [1.54, 1.807) is 30.1 Å². The zero-order valence-corrected chi connectivity index (χ0v) is 11.3. The van der Waals surface area contributed by atoms with Crippen LogP contribution in [-0.2, 0) is 13.5 Å². The van der Waals surface area contributed by atoms with Crippen molar-refractivity contribution in [3.05, 3.63) is 47.3 Å². The first kappa shape index (κ1) is 13.8. The van der Waals surface area contributed by atoms with Gasteiger partial charge in [-0.25, -0.2) is 4.79 Å². The number of nitrogens with one attached hydrogen (secondary N) is 1. The lowest BCUT2D eigenvalue weighted by Gasteiger charge is -2.05. The lowest BCUT2D eigenvalue weighted by Crippen LogP contribution is -2.13. The molecule has 0 unspecified atom stereocenters. The van der Waals surface area contributed by atoms with Gasteiger partial charge in [0.15, 0.2) is 0 Å². The molecule has 0 spiro atoms. The number of rotatable bonds is 4. The minimum atomic E-state index is -1.06. The normalized spacial score (nSPS) is 10.3. The zero-order chi connectivity index (χ0) is 14.7. The van der Waals surface area contributed by atoms with E-state index in [-0.39, 0.29) is 11.5 Å². The second-order valence-electron chi connectivity index (χ2n) is 4.36. The first-order valence-electron chi connectivity index (χ1n) is 6.18. The number of hydrogen-bond donors (Lipinski definition) is 2. The second-order valence-corrected chi connectivity index (χ2v) is 4.36. The van der Waals surface area contributed by atoms with Crippen LogP contribution in [0.15, 0.2) is 30.5 Å². The summed E-state index contributed by atoms with van der Waals surface area (Å²) in [5.41, 5.74) is 1.81. The van der Waals surface area contributed by atoms with E-state index in [9.17, 15) is 9.59 Å². The summed E-state index contributed by atoms with van der Waals surface area (Å²) in [5, 5.41) is 15.9. The van der Waals surface area contributed by atoms with E-state index in [2.05, 4.69) is 10.4 Å². The molecule has 1 amide bonds. The minimum absolute atomic E-state index is 0.0829. The van der Waals surface area contributed by atoms with Crippen molar-refractivity contribution < 1.29 is 14.7 Å². The Bertz CT molecular complexity index is 661. The predicted molar refractivity (Wildman–Crippen MR) is 73.9 cm³/mol. The molecular formula is C14H15N3O3. The first-order chi connectivity index (χ1) is 9.51. The standard InChI is InChI=1S/C14H15N3O3/c1-3-11-12(8-17(2)16-11)15-13(18)9-5-4-6-10(7-9)14(19)20/h4-8H,3H2,1-2H3,(H,15,18)(H,19,20). The van der Waals surface area contributed by atoms with Crippen molar-refractivity contribution in [2.75, 3.05) is 5.32 Å². The fourth-order valence-corrected chi connectivity index (χ4v) is 1.89. The van der Waals surface area contributed by atoms with Crippen LogP contribution in [0.5, 0.6) is 0 Å². The van der Waals surface area contributed by atoms with Crippen molar-refractivity contribution in [2.45, 2.75) is 13.3 Å². The fraction of sp³-hybridized carbons (Fsp3) is 0.214. The number of benzene rings is 1. The van der Waals surface area contributed by atoms with Gasteiger partial charge in [-0.1, -0.05) is 13.0 Å². The molecule has 0 atom stereocenters. The van der Waals surface area contributed by atoms with Crippen LogP contribution < -0.4 is 5.32 Å². The smallest absolute Gasteiger partial charge is 0.335 e. The summed E-state index contributed by atoms with van der Waals surface area (Å²) in [6.45, 7) is 1.95. The molecule has 6 nitrogen and oxygen atoms in total. The molecule has 0 aliphatic carbocycles. The van der Waals surface area contributed by atoms with Gasteiger partial charge in [0, 0.05) is 18.8 Å². The number of carbonyl (C=O) groups is 2. The van der Waals surface area contributed by atoms with E-state index in [1.807, 2.05) is 6.92 Å². The van der Waals surface area contributed by atoms with Crippen LogP contribution in [0.2, 0.25) is 0 Å². The molecule has 2 N–H and O–H groups in total. The maximum absolute atomic E-state index is 12.1. The lowest BCUT2D eigenvalue weighted by atomic mass is 10.1. The van der Waals surface area contributed by atoms with E-state index in [4.69, 9.17) is 5.11 Å². The highest BCUT2D eigenvalue weighted by atomic mass is 16.4. The Kier molecular flexibility index (Phi) is 3.84. The molecule has 1 aromatic carbocycles. The molecule has 104 valence electrons. The number of nitrogens with zero attached hydrogens (tertiary/aromatic N) is 2. The Morgan fingerprint density at radius 1 is 1.35 bits per heavy atom. The minimum Gasteiger partial charge on any atom is -0.478 e. The first-order valence-corrected chi connectivity index (χ1v) is 6.18. The highest BCUT2D eigenvalue weighted by Crippen LogP contribution is 2.15. The molecule has 0 fully saturated rings. The van der Waals surface area contributed by atoms with Gasteiger partial charge in [-0.2, -0.15) is 5.10 Å². The molecule has 20 heavy (non-hydrogen) atoms. The predicted octanol–water partition coefficient (Wildman–Crippen LogP) is 1.93. The van der Waals surface area contributed by atoms with E-state index in [1.165, 1.54) is 12.1 Å². The van der Waals surface area contributed by atoms with Crippen LogP contribution in [-0.4, -0.2) is 26.8 Å². The quantitative estimate of drug-likeness (QED) is 0.891. The molecule has 0 bridgehead atoms. The highest BCUT2D eigenvalue weighted by Gasteiger charge is 2.13. The van der Waals surface area contributed by atoms with Crippen LogP contribution in [0.4, 0.5) is 5.69 Å². The highest BCUT2D eigenvalue weighted by molar-refractivity contribution is 6.05. The van der Waals surface area contributed by atoms with Gasteiger partial charge in [-0.05, 0) is 24.6 Å². The van der Waals surface area contributed by atoms with Crippen molar-refractivity contribution in [1.29, 1.82) is 0 Å². The Balaban J connectivity index is 2.23. The van der Waals surface area contributed by atoms with Crippen LogP contribution in [0.1, 0.15) is 33.3 Å².